The third-order valence-corrected chi connectivity index (χ3v) is 6.12. The third-order valence-electron chi connectivity index (χ3n) is 4.86. The van der Waals surface area contributed by atoms with Gasteiger partial charge in [-0.3, -0.25) is 4.79 Å². The molecular weight excluding hydrogens is 400 g/mol. The molecular formula is C19H25ClN4O3S. The highest BCUT2D eigenvalue weighted by molar-refractivity contribution is 7.99. The summed E-state index contributed by atoms with van der Waals surface area (Å²) >= 11 is 7.49. The largest absolute Gasteiger partial charge is 0.495 e. The van der Waals surface area contributed by atoms with Crippen LogP contribution in [0, 0.1) is 0 Å². The van der Waals surface area contributed by atoms with E-state index < -0.39 is 0 Å². The van der Waals surface area contributed by atoms with Crippen LogP contribution in [0.15, 0.2) is 17.3 Å². The molecule has 1 amide bonds. The lowest BCUT2D eigenvalue weighted by molar-refractivity contribution is -0.113. The number of thioether (sulfide) groups is 1. The zero-order valence-electron chi connectivity index (χ0n) is 16.3. The number of carbonyl (C=O) groups excluding carboxylic acids is 1. The van der Waals surface area contributed by atoms with Crippen molar-refractivity contribution in [2.24, 2.45) is 0 Å². The molecule has 0 saturated heterocycles. The van der Waals surface area contributed by atoms with Gasteiger partial charge < -0.3 is 19.4 Å². The number of hydrogen-bond donors (Lipinski definition) is 1. The van der Waals surface area contributed by atoms with Crippen molar-refractivity contribution in [1.29, 1.82) is 0 Å². The molecule has 0 aliphatic heterocycles. The summed E-state index contributed by atoms with van der Waals surface area (Å²) in [5, 5.41) is 12.8. The molecule has 0 spiro atoms. The molecule has 9 heteroatoms. The molecule has 1 aliphatic carbocycles. The van der Waals surface area contributed by atoms with Gasteiger partial charge in [0.05, 0.1) is 30.7 Å². The van der Waals surface area contributed by atoms with Gasteiger partial charge >= 0.3 is 0 Å². The van der Waals surface area contributed by atoms with Crippen LogP contribution in [0.1, 0.15) is 44.3 Å². The highest BCUT2D eigenvalue weighted by Gasteiger charge is 2.24. The molecule has 1 N–H and O–H groups in total. The zero-order valence-corrected chi connectivity index (χ0v) is 17.9. The Balaban J connectivity index is 1.66. The summed E-state index contributed by atoms with van der Waals surface area (Å²) in [6.07, 6.45) is 4.83. The average Bonchev–Trinajstić information content (AvgIpc) is 3.36. The van der Waals surface area contributed by atoms with Gasteiger partial charge in [0.2, 0.25) is 5.91 Å². The fourth-order valence-electron chi connectivity index (χ4n) is 3.46. The third kappa shape index (κ3) is 4.55. The van der Waals surface area contributed by atoms with E-state index in [1.807, 2.05) is 0 Å². The summed E-state index contributed by atoms with van der Waals surface area (Å²) in [4.78, 5) is 12.5. The Labute approximate surface area is 174 Å². The van der Waals surface area contributed by atoms with Crippen molar-refractivity contribution in [2.45, 2.75) is 50.2 Å². The first kappa shape index (κ1) is 20.8. The van der Waals surface area contributed by atoms with Crippen LogP contribution < -0.4 is 14.8 Å². The first-order valence-electron chi connectivity index (χ1n) is 9.34. The van der Waals surface area contributed by atoms with Crippen molar-refractivity contribution in [3.63, 3.8) is 0 Å². The number of amides is 1. The van der Waals surface area contributed by atoms with E-state index in [4.69, 9.17) is 21.1 Å². The van der Waals surface area contributed by atoms with Gasteiger partial charge in [0.25, 0.3) is 0 Å². The molecule has 3 rings (SSSR count). The maximum atomic E-state index is 12.5. The number of benzene rings is 1. The highest BCUT2D eigenvalue weighted by atomic mass is 35.5. The summed E-state index contributed by atoms with van der Waals surface area (Å²) in [5.41, 5.74) is 0.512. The van der Waals surface area contributed by atoms with Crippen molar-refractivity contribution < 1.29 is 14.3 Å². The summed E-state index contributed by atoms with van der Waals surface area (Å²) < 4.78 is 12.6. The van der Waals surface area contributed by atoms with Gasteiger partial charge in [-0.25, -0.2) is 0 Å². The number of ether oxygens (including phenoxy) is 2. The van der Waals surface area contributed by atoms with Crippen LogP contribution in [0.2, 0.25) is 5.02 Å². The smallest absolute Gasteiger partial charge is 0.234 e. The Morgan fingerprint density at radius 1 is 1.25 bits per heavy atom. The second-order valence-corrected chi connectivity index (χ2v) is 7.94. The zero-order chi connectivity index (χ0) is 20.1. The van der Waals surface area contributed by atoms with Gasteiger partial charge in [0, 0.05) is 24.6 Å². The summed E-state index contributed by atoms with van der Waals surface area (Å²) in [5.74, 6) is 2.53. The van der Waals surface area contributed by atoms with E-state index in [-0.39, 0.29) is 11.7 Å². The van der Waals surface area contributed by atoms with Crippen LogP contribution in [0.5, 0.6) is 11.5 Å². The molecule has 1 aromatic heterocycles. The lowest BCUT2D eigenvalue weighted by Crippen LogP contribution is -2.15. The van der Waals surface area contributed by atoms with E-state index in [0.29, 0.717) is 28.1 Å². The van der Waals surface area contributed by atoms with Crippen molar-refractivity contribution in [1.82, 2.24) is 14.8 Å². The maximum Gasteiger partial charge on any atom is 0.234 e. The SMILES string of the molecule is CCn1c(SCC(=O)Nc2cc(OC)c(Cl)cc2OC)nnc1C1CCCC1. The Morgan fingerprint density at radius 2 is 1.96 bits per heavy atom. The van der Waals surface area contributed by atoms with Gasteiger partial charge in [-0.05, 0) is 19.8 Å². The number of anilines is 1. The molecule has 2 aromatic rings. The molecule has 0 unspecified atom stereocenters. The van der Waals surface area contributed by atoms with E-state index in [9.17, 15) is 4.79 Å². The summed E-state index contributed by atoms with van der Waals surface area (Å²) in [7, 11) is 3.05. The molecule has 1 aliphatic rings. The number of carbonyl (C=O) groups is 1. The second kappa shape index (κ2) is 9.52. The lowest BCUT2D eigenvalue weighted by Gasteiger charge is -2.13. The molecule has 28 heavy (non-hydrogen) atoms. The molecule has 1 heterocycles. The van der Waals surface area contributed by atoms with E-state index in [1.54, 1.807) is 12.1 Å². The van der Waals surface area contributed by atoms with E-state index in [1.165, 1.54) is 51.7 Å². The fraction of sp³-hybridized carbons (Fsp3) is 0.526. The minimum Gasteiger partial charge on any atom is -0.495 e. The summed E-state index contributed by atoms with van der Waals surface area (Å²) in [6.45, 7) is 2.88. The first-order valence-corrected chi connectivity index (χ1v) is 10.7. The minimum atomic E-state index is -0.166. The van der Waals surface area contributed by atoms with Crippen LogP contribution in [0.25, 0.3) is 0 Å². The van der Waals surface area contributed by atoms with Crippen LogP contribution in [0.3, 0.4) is 0 Å². The highest BCUT2D eigenvalue weighted by Crippen LogP contribution is 2.36. The number of nitrogens with one attached hydrogen (secondary N) is 1. The molecule has 1 aromatic carbocycles. The molecule has 0 radical (unpaired) electrons. The average molecular weight is 425 g/mol. The van der Waals surface area contributed by atoms with Gasteiger partial charge in [0.15, 0.2) is 5.16 Å². The van der Waals surface area contributed by atoms with Gasteiger partial charge in [-0.1, -0.05) is 36.2 Å². The molecule has 7 nitrogen and oxygen atoms in total. The van der Waals surface area contributed by atoms with Crippen LogP contribution in [-0.4, -0.2) is 40.6 Å². The molecule has 0 bridgehead atoms. The Hall–Kier alpha value is -1.93. The normalized spacial score (nSPS) is 14.3. The first-order chi connectivity index (χ1) is 13.6. The predicted octanol–water partition coefficient (Wildman–Crippen LogP) is 4.36. The number of rotatable bonds is 8. The quantitative estimate of drug-likeness (QED) is 0.634. The van der Waals surface area contributed by atoms with Crippen molar-refractivity contribution in [3.05, 3.63) is 23.0 Å². The minimum absolute atomic E-state index is 0.166. The van der Waals surface area contributed by atoms with Crippen LogP contribution in [0.4, 0.5) is 5.69 Å². The fourth-order valence-corrected chi connectivity index (χ4v) is 4.50. The Morgan fingerprint density at radius 3 is 2.61 bits per heavy atom. The molecule has 1 fully saturated rings. The number of nitrogens with zero attached hydrogens (tertiary/aromatic N) is 3. The van der Waals surface area contributed by atoms with Crippen molar-refractivity contribution in [3.8, 4) is 11.5 Å². The Kier molecular flexibility index (Phi) is 7.07. The standard InChI is InChI=1S/C19H25ClN4O3S/c1-4-24-18(12-7-5-6-8-12)22-23-19(24)28-11-17(25)21-14-10-15(26-2)13(20)9-16(14)27-3/h9-10,12H,4-8,11H2,1-3H3,(H,21,25). The second-order valence-electron chi connectivity index (χ2n) is 6.59. The number of aromatic nitrogens is 3. The molecule has 152 valence electrons. The van der Waals surface area contributed by atoms with Gasteiger partial charge in [-0.2, -0.15) is 0 Å². The van der Waals surface area contributed by atoms with Gasteiger partial charge in [-0.15, -0.1) is 10.2 Å². The van der Waals surface area contributed by atoms with Crippen molar-refractivity contribution in [2.75, 3.05) is 25.3 Å². The maximum absolute atomic E-state index is 12.5. The summed E-state index contributed by atoms with van der Waals surface area (Å²) in [6, 6.07) is 3.27. The monoisotopic (exact) mass is 424 g/mol. The van der Waals surface area contributed by atoms with Gasteiger partial charge in [0.1, 0.15) is 17.3 Å². The van der Waals surface area contributed by atoms with E-state index in [0.717, 1.165) is 17.5 Å². The number of halogens is 1. The van der Waals surface area contributed by atoms with E-state index >= 15 is 0 Å². The van der Waals surface area contributed by atoms with Crippen molar-refractivity contribution >= 4 is 35.0 Å². The molecule has 1 saturated carbocycles. The lowest BCUT2D eigenvalue weighted by atomic mass is 10.1. The Bertz CT molecular complexity index is 837. The van der Waals surface area contributed by atoms with Crippen LogP contribution in [-0.2, 0) is 11.3 Å². The number of methoxy groups -OCH3 is 2. The molecule has 0 atom stereocenters. The van der Waals surface area contributed by atoms with Crippen LogP contribution >= 0.6 is 23.4 Å². The predicted molar refractivity (Wildman–Crippen MR) is 111 cm³/mol. The van der Waals surface area contributed by atoms with E-state index in [2.05, 4.69) is 27.0 Å². The number of hydrogen-bond acceptors (Lipinski definition) is 6. The topological polar surface area (TPSA) is 78.3 Å².